The molecule has 5 nitrogen and oxygen atoms in total. The summed E-state index contributed by atoms with van der Waals surface area (Å²) in [5.41, 5.74) is 10.0. The van der Waals surface area contributed by atoms with Gasteiger partial charge >= 0.3 is 29.6 Å². The summed E-state index contributed by atoms with van der Waals surface area (Å²) in [5, 5.41) is 8.98. The van der Waals surface area contributed by atoms with Crippen LogP contribution < -0.4 is 52.3 Å². The fraction of sp³-hybridized carbons (Fsp3) is 0.417. The number of aliphatic hydroxyl groups excluding tert-OH is 1. The summed E-state index contributed by atoms with van der Waals surface area (Å²) < 4.78 is 2.11. The van der Waals surface area contributed by atoms with E-state index in [2.05, 4.69) is 14.5 Å². The Morgan fingerprint density at radius 1 is 1.40 bits per heavy atom. The molecule has 20 heavy (non-hydrogen) atoms. The molecule has 0 amide bonds. The molecule has 104 valence electrons. The second kappa shape index (κ2) is 8.92. The zero-order chi connectivity index (χ0) is 13.1. The average molecular weight is 324 g/mol. The van der Waals surface area contributed by atoms with Crippen molar-refractivity contribution in [1.82, 2.24) is 9.97 Å². The van der Waals surface area contributed by atoms with Crippen LogP contribution in [0, 0.1) is 13.8 Å². The zero-order valence-corrected chi connectivity index (χ0v) is 15.5. The largest absolute Gasteiger partial charge is 1.00 e. The Hall–Kier alpha value is -0.240. The first kappa shape index (κ1) is 19.8. The van der Waals surface area contributed by atoms with Crippen LogP contribution in [0.15, 0.2) is 11.7 Å². The quantitative estimate of drug-likeness (QED) is 0.435. The fourth-order valence-electron chi connectivity index (χ4n) is 1.77. The van der Waals surface area contributed by atoms with Crippen molar-refractivity contribution in [2.45, 2.75) is 26.8 Å². The van der Waals surface area contributed by atoms with Gasteiger partial charge in [0, 0.05) is 26.1 Å². The van der Waals surface area contributed by atoms with Gasteiger partial charge in [-0.1, -0.05) is 11.3 Å². The second-order valence-corrected chi connectivity index (χ2v) is 5.10. The minimum Gasteiger partial charge on any atom is -1.00 e. The molecule has 8 heteroatoms. The van der Waals surface area contributed by atoms with Crippen LogP contribution in [0.1, 0.15) is 22.0 Å². The first-order valence-electron chi connectivity index (χ1n) is 5.77. The number of aliphatic hydroxyl groups is 1. The smallest absolute Gasteiger partial charge is 1.00 e. The fourth-order valence-corrected chi connectivity index (χ4v) is 2.75. The van der Waals surface area contributed by atoms with Crippen LogP contribution in [0.5, 0.6) is 0 Å². The van der Waals surface area contributed by atoms with E-state index in [0.29, 0.717) is 24.6 Å². The Kier molecular flexibility index (Phi) is 8.81. The predicted molar refractivity (Wildman–Crippen MR) is 70.3 cm³/mol. The molecule has 0 aliphatic carbocycles. The Morgan fingerprint density at radius 3 is 2.70 bits per heavy atom. The van der Waals surface area contributed by atoms with Gasteiger partial charge in [-0.2, -0.15) is 4.57 Å². The van der Waals surface area contributed by atoms with Crippen molar-refractivity contribution in [3.8, 4) is 0 Å². The number of hydrogen-bond donors (Lipinski definition) is 2. The SMILES string of the molecule is Cc1ncc(C[n+]2csc(CCO)c2C)c(N)n1.[Cl-].[Na+]. The maximum absolute atomic E-state index is 8.98. The predicted octanol–water partition coefficient (Wildman–Crippen LogP) is -5.38. The first-order chi connectivity index (χ1) is 8.61. The molecule has 2 aromatic heterocycles. The molecule has 0 aromatic carbocycles. The van der Waals surface area contributed by atoms with Gasteiger partial charge in [-0.15, -0.1) is 0 Å². The first-order valence-corrected chi connectivity index (χ1v) is 6.65. The molecule has 0 bridgehead atoms. The van der Waals surface area contributed by atoms with Crippen LogP contribution in [0.4, 0.5) is 5.82 Å². The maximum Gasteiger partial charge on any atom is 1.00 e. The third kappa shape index (κ3) is 4.65. The molecule has 0 aliphatic rings. The van der Waals surface area contributed by atoms with Gasteiger partial charge in [-0.25, -0.2) is 9.97 Å². The number of halogens is 1. The van der Waals surface area contributed by atoms with Gasteiger partial charge in [0.05, 0.1) is 10.4 Å². The molecule has 0 fully saturated rings. The minimum absolute atomic E-state index is 0. The molecule has 2 heterocycles. The van der Waals surface area contributed by atoms with Crippen LogP contribution in [-0.2, 0) is 13.0 Å². The maximum atomic E-state index is 8.98. The molecule has 0 radical (unpaired) electrons. The third-order valence-electron chi connectivity index (χ3n) is 2.85. The average Bonchev–Trinajstić information content (AvgIpc) is 2.66. The van der Waals surface area contributed by atoms with E-state index in [1.165, 1.54) is 4.88 Å². The van der Waals surface area contributed by atoms with E-state index in [1.807, 2.05) is 19.4 Å². The zero-order valence-electron chi connectivity index (χ0n) is 11.9. The Labute approximate surface area is 151 Å². The van der Waals surface area contributed by atoms with Crippen molar-refractivity contribution in [3.63, 3.8) is 0 Å². The minimum atomic E-state index is 0. The Balaban J connectivity index is 0.00000180. The number of aryl methyl sites for hydroxylation is 1. The number of nitrogen functional groups attached to an aromatic ring is 1. The van der Waals surface area contributed by atoms with Gasteiger partial charge in [-0.3, -0.25) is 0 Å². The molecular formula is C12H17ClN4NaOS+. The van der Waals surface area contributed by atoms with Gasteiger partial charge in [0.2, 0.25) is 5.51 Å². The van der Waals surface area contributed by atoms with Gasteiger partial charge in [0.25, 0.3) is 0 Å². The van der Waals surface area contributed by atoms with Crippen LogP contribution in [0.2, 0.25) is 0 Å². The van der Waals surface area contributed by atoms with Crippen LogP contribution >= 0.6 is 11.3 Å². The summed E-state index contributed by atoms with van der Waals surface area (Å²) in [6.45, 7) is 4.71. The number of aromatic nitrogens is 3. The normalized spacial score (nSPS) is 9.75. The van der Waals surface area contributed by atoms with E-state index in [0.717, 1.165) is 11.3 Å². The van der Waals surface area contributed by atoms with Crippen LogP contribution in [0.25, 0.3) is 0 Å². The third-order valence-corrected chi connectivity index (χ3v) is 4.00. The Bertz CT molecular complexity index is 564. The molecule has 0 aliphatic heterocycles. The molecule has 2 rings (SSSR count). The monoisotopic (exact) mass is 323 g/mol. The summed E-state index contributed by atoms with van der Waals surface area (Å²) in [7, 11) is 0. The molecule has 0 atom stereocenters. The molecule has 3 N–H and O–H groups in total. The summed E-state index contributed by atoms with van der Waals surface area (Å²) in [6.07, 6.45) is 2.47. The molecular weight excluding hydrogens is 307 g/mol. The van der Waals surface area contributed by atoms with Crippen LogP contribution in [0.3, 0.4) is 0 Å². The van der Waals surface area contributed by atoms with Crippen LogP contribution in [-0.4, -0.2) is 21.7 Å². The number of anilines is 1. The van der Waals surface area contributed by atoms with E-state index < -0.39 is 0 Å². The van der Waals surface area contributed by atoms with Gasteiger partial charge in [0.1, 0.15) is 11.6 Å². The van der Waals surface area contributed by atoms with E-state index in [1.54, 1.807) is 17.5 Å². The standard InChI is InChI=1S/C12H17N4OS.ClH.Na/c1-8-11(3-4-17)18-7-16(8)6-10-5-14-9(2)15-12(10)13;;/h5,7,17H,3-4,6H2,1-2H3,(H2,13,14,15);1H;/q+1;;+1/p-1. The number of thiazole rings is 1. The Morgan fingerprint density at radius 2 is 2.10 bits per heavy atom. The van der Waals surface area contributed by atoms with Crippen molar-refractivity contribution >= 4 is 17.2 Å². The van der Waals surface area contributed by atoms with Crippen molar-refractivity contribution in [2.75, 3.05) is 12.3 Å². The van der Waals surface area contributed by atoms with Gasteiger partial charge in [-0.05, 0) is 6.92 Å². The molecule has 0 unspecified atom stereocenters. The number of nitrogens with two attached hydrogens (primary N) is 1. The van der Waals surface area contributed by atoms with Gasteiger partial charge < -0.3 is 23.2 Å². The molecule has 0 saturated carbocycles. The van der Waals surface area contributed by atoms with E-state index >= 15 is 0 Å². The van der Waals surface area contributed by atoms with Crippen molar-refractivity contribution < 1.29 is 51.6 Å². The molecule has 0 saturated heterocycles. The number of hydrogen-bond acceptors (Lipinski definition) is 5. The van der Waals surface area contributed by atoms with Crippen molar-refractivity contribution in [3.05, 3.63) is 33.7 Å². The summed E-state index contributed by atoms with van der Waals surface area (Å²) in [6, 6.07) is 0. The van der Waals surface area contributed by atoms with E-state index in [4.69, 9.17) is 10.8 Å². The number of nitrogens with zero attached hydrogens (tertiary/aromatic N) is 3. The van der Waals surface area contributed by atoms with Crippen molar-refractivity contribution in [1.29, 1.82) is 0 Å². The summed E-state index contributed by atoms with van der Waals surface area (Å²) >= 11 is 1.65. The summed E-state index contributed by atoms with van der Waals surface area (Å²) in [5.74, 6) is 1.22. The van der Waals surface area contributed by atoms with E-state index in [9.17, 15) is 0 Å². The van der Waals surface area contributed by atoms with Crippen molar-refractivity contribution in [2.24, 2.45) is 0 Å². The molecule has 0 spiro atoms. The number of rotatable bonds is 4. The molecule has 2 aromatic rings. The topological polar surface area (TPSA) is 75.9 Å². The van der Waals surface area contributed by atoms with E-state index in [-0.39, 0.29) is 48.6 Å². The second-order valence-electron chi connectivity index (χ2n) is 4.16. The summed E-state index contributed by atoms with van der Waals surface area (Å²) in [4.78, 5) is 9.53. The van der Waals surface area contributed by atoms with Gasteiger partial charge in [0.15, 0.2) is 12.2 Å².